The standard InChI is InChI=1S/C11H14N6O2/c1-16-8(4-5-12-16)11-13-14-15-17(11)9(6-10(18)19)7-2-3-7/h4-5,7,9H,2-3,6H2,1H3,(H,18,19). The number of carboxylic acid groups (broad SMARTS) is 1. The van der Waals surface area contributed by atoms with Crippen molar-refractivity contribution < 1.29 is 9.90 Å². The van der Waals surface area contributed by atoms with Crippen molar-refractivity contribution in [3.63, 3.8) is 0 Å². The van der Waals surface area contributed by atoms with Crippen molar-refractivity contribution in [2.24, 2.45) is 13.0 Å². The zero-order chi connectivity index (χ0) is 13.4. The van der Waals surface area contributed by atoms with Crippen LogP contribution in [-0.4, -0.2) is 41.1 Å². The Labute approximate surface area is 109 Å². The second-order valence-corrected chi connectivity index (χ2v) is 4.79. The van der Waals surface area contributed by atoms with E-state index in [9.17, 15) is 4.79 Å². The highest BCUT2D eigenvalue weighted by Crippen LogP contribution is 2.42. The number of carboxylic acids is 1. The van der Waals surface area contributed by atoms with Gasteiger partial charge in [0, 0.05) is 13.2 Å². The van der Waals surface area contributed by atoms with Gasteiger partial charge in [-0.15, -0.1) is 5.10 Å². The van der Waals surface area contributed by atoms with Crippen molar-refractivity contribution in [3.05, 3.63) is 12.3 Å². The maximum absolute atomic E-state index is 11.0. The Hall–Kier alpha value is -2.25. The molecule has 1 unspecified atom stereocenters. The lowest BCUT2D eigenvalue weighted by molar-refractivity contribution is -0.138. The summed E-state index contributed by atoms with van der Waals surface area (Å²) in [5.74, 6) is 0.0908. The molecule has 0 aliphatic heterocycles. The third kappa shape index (κ3) is 2.20. The molecule has 1 atom stereocenters. The molecule has 0 amide bonds. The molecular weight excluding hydrogens is 248 g/mol. The summed E-state index contributed by atoms with van der Waals surface area (Å²) >= 11 is 0. The summed E-state index contributed by atoms with van der Waals surface area (Å²) in [4.78, 5) is 11.0. The molecular formula is C11H14N6O2. The van der Waals surface area contributed by atoms with E-state index < -0.39 is 5.97 Å². The van der Waals surface area contributed by atoms with Gasteiger partial charge in [-0.05, 0) is 35.3 Å². The van der Waals surface area contributed by atoms with Crippen LogP contribution in [0.4, 0.5) is 0 Å². The first-order chi connectivity index (χ1) is 9.16. The predicted molar refractivity (Wildman–Crippen MR) is 64.0 cm³/mol. The smallest absolute Gasteiger partial charge is 0.305 e. The molecule has 19 heavy (non-hydrogen) atoms. The average molecular weight is 262 g/mol. The number of aliphatic carboxylic acids is 1. The largest absolute Gasteiger partial charge is 0.481 e. The molecule has 0 spiro atoms. The minimum absolute atomic E-state index is 0.0422. The van der Waals surface area contributed by atoms with Crippen LogP contribution < -0.4 is 0 Å². The van der Waals surface area contributed by atoms with Gasteiger partial charge in [0.05, 0.1) is 12.5 Å². The third-order valence-corrected chi connectivity index (χ3v) is 3.41. The van der Waals surface area contributed by atoms with Crippen LogP contribution in [0.5, 0.6) is 0 Å². The molecule has 0 aromatic carbocycles. The predicted octanol–water partition coefficient (Wildman–Crippen LogP) is 0.499. The number of rotatable bonds is 5. The normalized spacial score (nSPS) is 16.5. The van der Waals surface area contributed by atoms with Crippen LogP contribution in [0.3, 0.4) is 0 Å². The van der Waals surface area contributed by atoms with Crippen LogP contribution in [0.25, 0.3) is 11.5 Å². The Balaban J connectivity index is 1.98. The van der Waals surface area contributed by atoms with E-state index in [1.165, 1.54) is 0 Å². The van der Waals surface area contributed by atoms with Crippen molar-refractivity contribution in [1.82, 2.24) is 30.0 Å². The Morgan fingerprint density at radius 2 is 2.37 bits per heavy atom. The first-order valence-electron chi connectivity index (χ1n) is 6.15. The average Bonchev–Trinajstić information content (AvgIpc) is 2.94. The fourth-order valence-electron chi connectivity index (χ4n) is 2.29. The van der Waals surface area contributed by atoms with Crippen molar-refractivity contribution in [2.45, 2.75) is 25.3 Å². The van der Waals surface area contributed by atoms with Crippen molar-refractivity contribution in [3.8, 4) is 11.5 Å². The molecule has 1 fully saturated rings. The van der Waals surface area contributed by atoms with E-state index in [0.29, 0.717) is 11.7 Å². The van der Waals surface area contributed by atoms with E-state index in [0.717, 1.165) is 18.5 Å². The number of aromatic nitrogens is 6. The van der Waals surface area contributed by atoms with Crippen LogP contribution in [0.1, 0.15) is 25.3 Å². The first-order valence-corrected chi connectivity index (χ1v) is 6.15. The van der Waals surface area contributed by atoms with Gasteiger partial charge in [0.2, 0.25) is 5.82 Å². The Morgan fingerprint density at radius 3 is 2.95 bits per heavy atom. The molecule has 0 radical (unpaired) electrons. The highest BCUT2D eigenvalue weighted by atomic mass is 16.4. The maximum atomic E-state index is 11.0. The molecule has 2 aromatic rings. The second kappa shape index (κ2) is 4.45. The monoisotopic (exact) mass is 262 g/mol. The Kier molecular flexibility index (Phi) is 2.77. The van der Waals surface area contributed by atoms with Gasteiger partial charge in [0.1, 0.15) is 5.69 Å². The van der Waals surface area contributed by atoms with E-state index in [2.05, 4.69) is 20.6 Å². The van der Waals surface area contributed by atoms with E-state index in [1.807, 2.05) is 6.07 Å². The molecule has 8 heteroatoms. The molecule has 3 rings (SSSR count). The molecule has 100 valence electrons. The summed E-state index contributed by atoms with van der Waals surface area (Å²) in [5, 5.41) is 24.8. The van der Waals surface area contributed by atoms with Gasteiger partial charge < -0.3 is 5.11 Å². The molecule has 0 saturated heterocycles. The molecule has 8 nitrogen and oxygen atoms in total. The van der Waals surface area contributed by atoms with Crippen molar-refractivity contribution >= 4 is 5.97 Å². The van der Waals surface area contributed by atoms with E-state index in [1.54, 1.807) is 22.6 Å². The number of nitrogens with zero attached hydrogens (tertiary/aromatic N) is 6. The lowest BCUT2D eigenvalue weighted by atomic mass is 10.1. The summed E-state index contributed by atoms with van der Waals surface area (Å²) in [6, 6.07) is 1.63. The van der Waals surface area contributed by atoms with Crippen LogP contribution in [0, 0.1) is 5.92 Å². The number of carbonyl (C=O) groups is 1. The number of aryl methyl sites for hydroxylation is 1. The van der Waals surface area contributed by atoms with Gasteiger partial charge in [0.25, 0.3) is 0 Å². The highest BCUT2D eigenvalue weighted by Gasteiger charge is 2.36. The second-order valence-electron chi connectivity index (χ2n) is 4.79. The topological polar surface area (TPSA) is 98.7 Å². The Morgan fingerprint density at radius 1 is 1.58 bits per heavy atom. The van der Waals surface area contributed by atoms with Crippen LogP contribution >= 0.6 is 0 Å². The first kappa shape index (κ1) is 11.8. The number of hydrogen-bond acceptors (Lipinski definition) is 5. The molecule has 2 aromatic heterocycles. The SMILES string of the molecule is Cn1nccc1-c1nnnn1C(CC(=O)O)C1CC1. The highest BCUT2D eigenvalue weighted by molar-refractivity contribution is 5.67. The lowest BCUT2D eigenvalue weighted by Crippen LogP contribution is -2.18. The van der Waals surface area contributed by atoms with Gasteiger partial charge in [-0.25, -0.2) is 4.68 Å². The molecule has 1 aliphatic rings. The lowest BCUT2D eigenvalue weighted by Gasteiger charge is -2.15. The molecule has 1 aliphatic carbocycles. The maximum Gasteiger partial charge on any atom is 0.305 e. The van der Waals surface area contributed by atoms with Crippen LogP contribution in [0.15, 0.2) is 12.3 Å². The fraction of sp³-hybridized carbons (Fsp3) is 0.545. The summed E-state index contributed by atoms with van der Waals surface area (Å²) in [7, 11) is 1.80. The van der Waals surface area contributed by atoms with Crippen LogP contribution in [0.2, 0.25) is 0 Å². The van der Waals surface area contributed by atoms with Crippen molar-refractivity contribution in [1.29, 1.82) is 0 Å². The van der Waals surface area contributed by atoms with E-state index >= 15 is 0 Å². The van der Waals surface area contributed by atoms with E-state index in [-0.39, 0.29) is 12.5 Å². The fourth-order valence-corrected chi connectivity index (χ4v) is 2.29. The van der Waals surface area contributed by atoms with Gasteiger partial charge >= 0.3 is 5.97 Å². The number of tetrazole rings is 1. The van der Waals surface area contributed by atoms with Gasteiger partial charge in [-0.2, -0.15) is 5.10 Å². The Bertz CT molecular complexity index is 600. The van der Waals surface area contributed by atoms with Gasteiger partial charge in [-0.3, -0.25) is 9.48 Å². The molecule has 1 N–H and O–H groups in total. The third-order valence-electron chi connectivity index (χ3n) is 3.41. The zero-order valence-electron chi connectivity index (χ0n) is 10.5. The summed E-state index contributed by atoms with van der Waals surface area (Å²) in [5.41, 5.74) is 0.779. The molecule has 0 bridgehead atoms. The summed E-state index contributed by atoms with van der Waals surface area (Å²) in [6.45, 7) is 0. The zero-order valence-corrected chi connectivity index (χ0v) is 10.5. The van der Waals surface area contributed by atoms with Crippen LogP contribution in [-0.2, 0) is 11.8 Å². The summed E-state index contributed by atoms with van der Waals surface area (Å²) < 4.78 is 3.30. The quantitative estimate of drug-likeness (QED) is 0.842. The van der Waals surface area contributed by atoms with Gasteiger partial charge in [-0.1, -0.05) is 0 Å². The minimum Gasteiger partial charge on any atom is -0.481 e. The molecule has 2 heterocycles. The molecule has 1 saturated carbocycles. The van der Waals surface area contributed by atoms with Gasteiger partial charge in [0.15, 0.2) is 0 Å². The summed E-state index contributed by atoms with van der Waals surface area (Å²) in [6.07, 6.45) is 3.77. The van der Waals surface area contributed by atoms with E-state index in [4.69, 9.17) is 5.11 Å². The minimum atomic E-state index is -0.830. The number of hydrogen-bond donors (Lipinski definition) is 1. The van der Waals surface area contributed by atoms with Crippen molar-refractivity contribution in [2.75, 3.05) is 0 Å².